The number of H-pyrrole nitrogens is 1. The molecular formula is C11H13N7O4. The summed E-state index contributed by atoms with van der Waals surface area (Å²) in [6.07, 6.45) is 0.693. The van der Waals surface area contributed by atoms with Gasteiger partial charge in [-0.1, -0.05) is 0 Å². The van der Waals surface area contributed by atoms with Gasteiger partial charge in [0.25, 0.3) is 0 Å². The fourth-order valence-electron chi connectivity index (χ4n) is 1.60. The first-order chi connectivity index (χ1) is 10.5. The molecule has 0 fully saturated rings. The Balaban J connectivity index is 2.07. The second-order valence-electron chi connectivity index (χ2n) is 4.07. The molecule has 0 radical (unpaired) electrons. The average Bonchev–Trinajstić information content (AvgIpc) is 2.86. The number of rotatable bonds is 4. The van der Waals surface area contributed by atoms with Crippen LogP contribution in [0.4, 0.5) is 21.2 Å². The van der Waals surface area contributed by atoms with Gasteiger partial charge in [0.1, 0.15) is 12.4 Å². The molecule has 0 aliphatic rings. The minimum atomic E-state index is -0.742. The first-order valence-corrected chi connectivity index (χ1v) is 6.02. The number of nitrogens with one attached hydrogen (secondary N) is 4. The zero-order valence-electron chi connectivity index (χ0n) is 11.5. The normalized spacial score (nSPS) is 10.0. The lowest BCUT2D eigenvalue weighted by Gasteiger charge is -2.04. The largest absolute Gasteiger partial charge is 0.453 e. The van der Waals surface area contributed by atoms with Gasteiger partial charge in [-0.05, 0) is 0 Å². The van der Waals surface area contributed by atoms with Crippen LogP contribution in [-0.4, -0.2) is 46.9 Å². The molecule has 0 saturated carbocycles. The smallest absolute Gasteiger partial charge is 0.407 e. The van der Waals surface area contributed by atoms with Crippen LogP contribution in [0.5, 0.6) is 0 Å². The Bertz CT molecular complexity index is 726. The van der Waals surface area contributed by atoms with Crippen LogP contribution in [0.3, 0.4) is 0 Å². The summed E-state index contributed by atoms with van der Waals surface area (Å²) in [6.45, 7) is -0.268. The fraction of sp³-hybridized carbons (Fsp3) is 0.182. The molecule has 6 N–H and O–H groups in total. The van der Waals surface area contributed by atoms with Gasteiger partial charge < -0.3 is 21.1 Å². The van der Waals surface area contributed by atoms with Crippen molar-refractivity contribution >= 4 is 40.6 Å². The Morgan fingerprint density at radius 2 is 2.14 bits per heavy atom. The number of fused-ring (bicyclic) bond motifs is 1. The molecule has 2 rings (SSSR count). The molecule has 4 amide bonds. The monoisotopic (exact) mass is 307 g/mol. The summed E-state index contributed by atoms with van der Waals surface area (Å²) in [7, 11) is 1.19. The third kappa shape index (κ3) is 3.59. The van der Waals surface area contributed by atoms with Crippen LogP contribution in [0.25, 0.3) is 10.9 Å². The molecule has 0 bridgehead atoms. The molecule has 0 atom stereocenters. The third-order valence-corrected chi connectivity index (χ3v) is 2.54. The van der Waals surface area contributed by atoms with Crippen LogP contribution < -0.4 is 21.7 Å². The molecule has 0 spiro atoms. The van der Waals surface area contributed by atoms with Gasteiger partial charge in [-0.3, -0.25) is 15.2 Å². The Hall–Kier alpha value is -3.37. The van der Waals surface area contributed by atoms with Gasteiger partial charge in [-0.2, -0.15) is 5.10 Å². The summed E-state index contributed by atoms with van der Waals surface area (Å²) >= 11 is 0. The number of urea groups is 1. The predicted molar refractivity (Wildman–Crippen MR) is 76.1 cm³/mol. The fourth-order valence-corrected chi connectivity index (χ4v) is 1.60. The maximum absolute atomic E-state index is 11.7. The number of nitrogens with two attached hydrogens (primary N) is 1. The third-order valence-electron chi connectivity index (χ3n) is 2.54. The molecule has 0 unspecified atom stereocenters. The van der Waals surface area contributed by atoms with E-state index in [2.05, 4.69) is 35.9 Å². The van der Waals surface area contributed by atoms with E-state index in [0.29, 0.717) is 10.9 Å². The maximum Gasteiger partial charge on any atom is 0.407 e. The van der Waals surface area contributed by atoms with E-state index in [9.17, 15) is 14.4 Å². The summed E-state index contributed by atoms with van der Waals surface area (Å²) < 4.78 is 4.34. The zero-order chi connectivity index (χ0) is 16.1. The van der Waals surface area contributed by atoms with E-state index in [1.54, 1.807) is 0 Å². The summed E-state index contributed by atoms with van der Waals surface area (Å²) in [5.74, 6) is -0.00295. The van der Waals surface area contributed by atoms with E-state index in [1.165, 1.54) is 19.4 Å². The van der Waals surface area contributed by atoms with Crippen LogP contribution in [-0.2, 0) is 9.53 Å². The van der Waals surface area contributed by atoms with E-state index in [0.717, 1.165) is 0 Å². The van der Waals surface area contributed by atoms with Crippen molar-refractivity contribution in [2.24, 2.45) is 5.73 Å². The molecule has 116 valence electrons. The van der Waals surface area contributed by atoms with Gasteiger partial charge >= 0.3 is 12.1 Å². The van der Waals surface area contributed by atoms with Gasteiger partial charge in [-0.15, -0.1) is 0 Å². The van der Waals surface area contributed by atoms with Crippen molar-refractivity contribution in [1.29, 1.82) is 0 Å². The first-order valence-electron chi connectivity index (χ1n) is 6.02. The first kappa shape index (κ1) is 15.0. The number of aromatic nitrogens is 3. The van der Waals surface area contributed by atoms with Crippen molar-refractivity contribution in [3.05, 3.63) is 12.3 Å². The van der Waals surface area contributed by atoms with Gasteiger partial charge in [0.05, 0.1) is 18.0 Å². The highest BCUT2D eigenvalue weighted by Gasteiger charge is 2.12. The second-order valence-corrected chi connectivity index (χ2v) is 4.07. The Morgan fingerprint density at radius 3 is 2.82 bits per heavy atom. The number of aromatic amines is 1. The highest BCUT2D eigenvalue weighted by Crippen LogP contribution is 2.21. The minimum absolute atomic E-state index is 0.241. The minimum Gasteiger partial charge on any atom is -0.453 e. The summed E-state index contributed by atoms with van der Waals surface area (Å²) in [5.41, 5.74) is 5.53. The molecule has 11 heteroatoms. The quantitative estimate of drug-likeness (QED) is 0.522. The van der Waals surface area contributed by atoms with Crippen molar-refractivity contribution in [1.82, 2.24) is 20.5 Å². The lowest BCUT2D eigenvalue weighted by molar-refractivity contribution is -0.115. The van der Waals surface area contributed by atoms with Gasteiger partial charge in [0.15, 0.2) is 5.82 Å². The van der Waals surface area contributed by atoms with Gasteiger partial charge in [0, 0.05) is 12.3 Å². The number of hydrogen-bond donors (Lipinski definition) is 5. The molecule has 0 aromatic carbocycles. The number of ether oxygens (including phenoxy) is 1. The van der Waals surface area contributed by atoms with E-state index >= 15 is 0 Å². The zero-order valence-corrected chi connectivity index (χ0v) is 11.5. The Morgan fingerprint density at radius 1 is 1.36 bits per heavy atom. The SMILES string of the molecule is COC(=O)NCC(=O)Nc1n[nH]c2cc(NC(N)=O)ncc12. The number of pyridine rings is 1. The van der Waals surface area contributed by atoms with Crippen LogP contribution in [0.15, 0.2) is 12.3 Å². The lowest BCUT2D eigenvalue weighted by atomic mass is 10.3. The standard InChI is InChI=1S/C11H13N7O4/c1-22-11(21)14-4-8(19)16-9-5-3-13-7(15-10(12)20)2-6(5)17-18-9/h2-3H,4H2,1H3,(H,14,21)(H3,12,13,15,20)(H2,16,17,18,19). The lowest BCUT2D eigenvalue weighted by Crippen LogP contribution is -2.32. The average molecular weight is 307 g/mol. The number of anilines is 2. The summed E-state index contributed by atoms with van der Waals surface area (Å²) in [4.78, 5) is 37.2. The van der Waals surface area contributed by atoms with E-state index in [4.69, 9.17) is 5.73 Å². The highest BCUT2D eigenvalue weighted by molar-refractivity contribution is 6.01. The molecule has 0 saturated heterocycles. The number of hydrogen-bond acceptors (Lipinski definition) is 6. The van der Waals surface area contributed by atoms with Crippen LogP contribution >= 0.6 is 0 Å². The maximum atomic E-state index is 11.7. The van der Waals surface area contributed by atoms with Crippen LogP contribution in [0.2, 0.25) is 0 Å². The second kappa shape index (κ2) is 6.39. The molecular weight excluding hydrogens is 294 g/mol. The number of primary amides is 1. The highest BCUT2D eigenvalue weighted by atomic mass is 16.5. The van der Waals surface area contributed by atoms with Crippen molar-refractivity contribution < 1.29 is 19.1 Å². The number of nitrogens with zero attached hydrogens (tertiary/aromatic N) is 2. The van der Waals surface area contributed by atoms with E-state index in [1.807, 2.05) is 0 Å². The van der Waals surface area contributed by atoms with Crippen LogP contribution in [0.1, 0.15) is 0 Å². The number of methoxy groups -OCH3 is 1. The molecule has 22 heavy (non-hydrogen) atoms. The number of alkyl carbamates (subject to hydrolysis) is 1. The van der Waals surface area contributed by atoms with Gasteiger partial charge in [0.2, 0.25) is 5.91 Å². The van der Waals surface area contributed by atoms with Crippen molar-refractivity contribution in [2.45, 2.75) is 0 Å². The van der Waals surface area contributed by atoms with E-state index in [-0.39, 0.29) is 18.2 Å². The number of carbonyl (C=O) groups excluding carboxylic acids is 3. The molecule has 2 heterocycles. The Kier molecular flexibility index (Phi) is 4.36. The molecule has 0 aliphatic carbocycles. The van der Waals surface area contributed by atoms with Crippen LogP contribution in [0, 0.1) is 0 Å². The predicted octanol–water partition coefficient (Wildman–Crippen LogP) is -0.257. The van der Waals surface area contributed by atoms with Gasteiger partial charge in [-0.25, -0.2) is 14.6 Å². The molecule has 2 aromatic heterocycles. The summed E-state index contributed by atoms with van der Waals surface area (Å²) in [6, 6.07) is 0.767. The number of carbonyl (C=O) groups is 3. The van der Waals surface area contributed by atoms with E-state index < -0.39 is 18.0 Å². The summed E-state index contributed by atoms with van der Waals surface area (Å²) in [5, 5.41) is 14.2. The van der Waals surface area contributed by atoms with Crippen molar-refractivity contribution in [3.8, 4) is 0 Å². The van der Waals surface area contributed by atoms with Crippen molar-refractivity contribution in [2.75, 3.05) is 24.3 Å². The molecule has 11 nitrogen and oxygen atoms in total. The molecule has 0 aliphatic heterocycles. The number of amides is 4. The topological polar surface area (TPSA) is 164 Å². The Labute approximate surface area is 123 Å². The van der Waals surface area contributed by atoms with Crippen molar-refractivity contribution in [3.63, 3.8) is 0 Å². The molecule has 2 aromatic rings.